The number of hydrogen-bond donors (Lipinski definition) is 1. The molecule has 0 spiro atoms. The van der Waals surface area contributed by atoms with E-state index in [2.05, 4.69) is 5.32 Å². The molecule has 3 rings (SSSR count). The van der Waals surface area contributed by atoms with Crippen LogP contribution in [0.5, 0.6) is 0 Å². The van der Waals surface area contributed by atoms with Gasteiger partial charge >= 0.3 is 5.69 Å². The molecule has 0 atom stereocenters. The molecule has 1 aliphatic rings. The van der Waals surface area contributed by atoms with Crippen LogP contribution in [-0.2, 0) is 18.4 Å². The van der Waals surface area contributed by atoms with Crippen LogP contribution < -0.4 is 16.6 Å². The third kappa shape index (κ3) is 3.56. The van der Waals surface area contributed by atoms with Crippen molar-refractivity contribution in [2.45, 2.75) is 45.6 Å². The van der Waals surface area contributed by atoms with E-state index in [1.54, 1.807) is 11.6 Å². The highest BCUT2D eigenvalue weighted by molar-refractivity contribution is 7.17. The lowest BCUT2D eigenvalue weighted by Crippen LogP contribution is -2.41. The molecular formula is C18H25N3O3S. The SMILES string of the molecule is CCCNC(=O)C1CCC(Cn2c(=O)c3sccc3n(C)c2=O)CC1. The average Bonchev–Trinajstić information content (AvgIpc) is 3.12. The molecule has 136 valence electrons. The van der Waals surface area contributed by atoms with E-state index in [0.717, 1.165) is 38.6 Å². The number of carbonyl (C=O) groups excluding carboxylic acids is 1. The molecule has 1 saturated carbocycles. The first kappa shape index (κ1) is 17.9. The summed E-state index contributed by atoms with van der Waals surface area (Å²) in [5.41, 5.74) is 0.266. The Bertz CT molecular complexity index is 872. The molecule has 0 unspecified atom stereocenters. The summed E-state index contributed by atoms with van der Waals surface area (Å²) in [5.74, 6) is 0.494. The monoisotopic (exact) mass is 363 g/mol. The van der Waals surface area contributed by atoms with Crippen LogP contribution in [-0.4, -0.2) is 21.6 Å². The zero-order valence-electron chi connectivity index (χ0n) is 14.8. The number of hydrogen-bond acceptors (Lipinski definition) is 4. The van der Waals surface area contributed by atoms with Gasteiger partial charge in [0, 0.05) is 26.1 Å². The first-order chi connectivity index (χ1) is 12.0. The van der Waals surface area contributed by atoms with Crippen molar-refractivity contribution >= 4 is 27.5 Å². The highest BCUT2D eigenvalue weighted by Gasteiger charge is 2.27. The van der Waals surface area contributed by atoms with Gasteiger partial charge in [0.15, 0.2) is 0 Å². The Kier molecular flexibility index (Phi) is 5.42. The molecule has 0 aliphatic heterocycles. The van der Waals surface area contributed by atoms with Crippen LogP contribution in [0.4, 0.5) is 0 Å². The topological polar surface area (TPSA) is 73.1 Å². The highest BCUT2D eigenvalue weighted by Crippen LogP contribution is 2.29. The second-order valence-corrected chi connectivity index (χ2v) is 7.82. The maximum Gasteiger partial charge on any atom is 0.331 e. The molecule has 0 aromatic carbocycles. The third-order valence-corrected chi connectivity index (χ3v) is 6.06. The van der Waals surface area contributed by atoms with E-state index >= 15 is 0 Å². The van der Waals surface area contributed by atoms with Gasteiger partial charge in [-0.2, -0.15) is 0 Å². The summed E-state index contributed by atoms with van der Waals surface area (Å²) in [4.78, 5) is 37.2. The quantitative estimate of drug-likeness (QED) is 0.884. The lowest BCUT2D eigenvalue weighted by Gasteiger charge is -2.28. The molecule has 0 saturated heterocycles. The van der Waals surface area contributed by atoms with Crippen molar-refractivity contribution in [2.24, 2.45) is 18.9 Å². The zero-order valence-corrected chi connectivity index (χ0v) is 15.6. The van der Waals surface area contributed by atoms with E-state index < -0.39 is 0 Å². The second-order valence-electron chi connectivity index (χ2n) is 6.90. The van der Waals surface area contributed by atoms with Gasteiger partial charge in [-0.25, -0.2) is 4.79 Å². The molecule has 1 aliphatic carbocycles. The molecule has 7 heteroatoms. The number of aromatic nitrogens is 2. The smallest absolute Gasteiger partial charge is 0.331 e. The van der Waals surface area contributed by atoms with E-state index in [-0.39, 0.29) is 29.0 Å². The molecule has 25 heavy (non-hydrogen) atoms. The van der Waals surface area contributed by atoms with Gasteiger partial charge in [-0.05, 0) is 49.5 Å². The molecule has 1 amide bonds. The molecule has 6 nitrogen and oxygen atoms in total. The molecule has 1 N–H and O–H groups in total. The van der Waals surface area contributed by atoms with Gasteiger partial charge in [0.05, 0.1) is 5.52 Å². The van der Waals surface area contributed by atoms with Crippen LogP contribution in [0.1, 0.15) is 39.0 Å². The lowest BCUT2D eigenvalue weighted by atomic mass is 9.81. The van der Waals surface area contributed by atoms with E-state index in [1.807, 2.05) is 18.4 Å². The number of nitrogens with zero attached hydrogens (tertiary/aromatic N) is 2. The summed E-state index contributed by atoms with van der Waals surface area (Å²) in [5, 5.41) is 4.81. The van der Waals surface area contributed by atoms with Crippen LogP contribution in [0.25, 0.3) is 10.2 Å². The minimum atomic E-state index is -0.251. The van der Waals surface area contributed by atoms with Gasteiger partial charge in [-0.3, -0.25) is 18.7 Å². The van der Waals surface area contributed by atoms with Crippen molar-refractivity contribution in [3.05, 3.63) is 32.3 Å². The van der Waals surface area contributed by atoms with Crippen LogP contribution >= 0.6 is 11.3 Å². The van der Waals surface area contributed by atoms with Crippen molar-refractivity contribution < 1.29 is 4.79 Å². The minimum Gasteiger partial charge on any atom is -0.356 e. The predicted molar refractivity (Wildman–Crippen MR) is 100 cm³/mol. The van der Waals surface area contributed by atoms with E-state index in [1.165, 1.54) is 15.9 Å². The first-order valence-electron chi connectivity index (χ1n) is 8.97. The summed E-state index contributed by atoms with van der Waals surface area (Å²) in [6, 6.07) is 1.81. The van der Waals surface area contributed by atoms with Crippen molar-refractivity contribution in [3.8, 4) is 0 Å². The molecule has 2 aromatic heterocycles. The fraction of sp³-hybridized carbons (Fsp3) is 0.611. The van der Waals surface area contributed by atoms with Gasteiger partial charge in [0.25, 0.3) is 5.56 Å². The van der Waals surface area contributed by atoms with Gasteiger partial charge in [0.2, 0.25) is 5.91 Å². The predicted octanol–water partition coefficient (Wildman–Crippen LogP) is 2.09. The largest absolute Gasteiger partial charge is 0.356 e. The average molecular weight is 363 g/mol. The number of carbonyl (C=O) groups is 1. The molecule has 0 radical (unpaired) electrons. The van der Waals surface area contributed by atoms with Crippen LogP contribution in [0, 0.1) is 11.8 Å². The number of rotatable bonds is 5. The summed E-state index contributed by atoms with van der Waals surface area (Å²) < 4.78 is 3.56. The third-order valence-electron chi connectivity index (χ3n) is 5.17. The van der Waals surface area contributed by atoms with Crippen molar-refractivity contribution in [1.82, 2.24) is 14.5 Å². The van der Waals surface area contributed by atoms with Crippen LogP contribution in [0.2, 0.25) is 0 Å². The molecule has 2 heterocycles. The number of aryl methyl sites for hydroxylation is 1. The summed E-state index contributed by atoms with van der Waals surface area (Å²) >= 11 is 1.38. The van der Waals surface area contributed by atoms with Crippen molar-refractivity contribution in [3.63, 3.8) is 0 Å². The molecule has 0 bridgehead atoms. The van der Waals surface area contributed by atoms with Gasteiger partial charge < -0.3 is 5.32 Å². The Balaban J connectivity index is 1.71. The van der Waals surface area contributed by atoms with Gasteiger partial charge in [-0.1, -0.05) is 6.92 Å². The fourth-order valence-electron chi connectivity index (χ4n) is 3.64. The Morgan fingerprint density at radius 1 is 1.28 bits per heavy atom. The van der Waals surface area contributed by atoms with Crippen LogP contribution in [0.15, 0.2) is 21.0 Å². The molecular weight excluding hydrogens is 338 g/mol. The Morgan fingerprint density at radius 2 is 2.00 bits per heavy atom. The Labute approximate surface area is 150 Å². The number of amides is 1. The Hall–Kier alpha value is -1.89. The molecule has 1 fully saturated rings. The maximum atomic E-state index is 12.6. The fourth-order valence-corrected chi connectivity index (χ4v) is 4.51. The van der Waals surface area contributed by atoms with Gasteiger partial charge in [-0.15, -0.1) is 11.3 Å². The summed E-state index contributed by atoms with van der Waals surface area (Å²) in [6.45, 7) is 3.22. The normalized spacial score (nSPS) is 20.7. The number of thiophene rings is 1. The zero-order chi connectivity index (χ0) is 18.0. The number of fused-ring (bicyclic) bond motifs is 1. The minimum absolute atomic E-state index is 0.0714. The maximum absolute atomic E-state index is 12.6. The summed E-state index contributed by atoms with van der Waals surface area (Å²) in [7, 11) is 1.71. The summed E-state index contributed by atoms with van der Waals surface area (Å²) in [6.07, 6.45) is 4.36. The van der Waals surface area contributed by atoms with E-state index in [0.29, 0.717) is 16.8 Å². The van der Waals surface area contributed by atoms with E-state index in [4.69, 9.17) is 0 Å². The number of nitrogens with one attached hydrogen (secondary N) is 1. The second kappa shape index (κ2) is 7.56. The van der Waals surface area contributed by atoms with Crippen molar-refractivity contribution in [2.75, 3.05) is 6.54 Å². The molecule has 2 aromatic rings. The van der Waals surface area contributed by atoms with Gasteiger partial charge in [0.1, 0.15) is 4.70 Å². The Morgan fingerprint density at radius 3 is 2.68 bits per heavy atom. The van der Waals surface area contributed by atoms with Crippen molar-refractivity contribution in [1.29, 1.82) is 0 Å². The van der Waals surface area contributed by atoms with Crippen LogP contribution in [0.3, 0.4) is 0 Å². The lowest BCUT2D eigenvalue weighted by molar-refractivity contribution is -0.126. The van der Waals surface area contributed by atoms with E-state index in [9.17, 15) is 14.4 Å². The first-order valence-corrected chi connectivity index (χ1v) is 9.85. The standard InChI is InChI=1S/C18H25N3O3S/c1-3-9-19-16(22)13-6-4-12(5-7-13)11-21-17(23)15-14(8-10-25-15)20(2)18(21)24/h8,10,12-13H,3-7,9,11H2,1-2H3,(H,19,22). The highest BCUT2D eigenvalue weighted by atomic mass is 32.1.